The van der Waals surface area contributed by atoms with E-state index in [-0.39, 0.29) is 12.2 Å². The van der Waals surface area contributed by atoms with Gasteiger partial charge in [0.25, 0.3) is 0 Å². The summed E-state index contributed by atoms with van der Waals surface area (Å²) in [6, 6.07) is 34.3. The molecular formula is C35H27F2N3O3. The highest BCUT2D eigenvalue weighted by Crippen LogP contribution is 2.35. The van der Waals surface area contributed by atoms with Crippen molar-refractivity contribution >= 4 is 0 Å². The molecule has 2 aromatic heterocycles. The second-order valence-electron chi connectivity index (χ2n) is 9.70. The summed E-state index contributed by atoms with van der Waals surface area (Å²) in [4.78, 5) is 4.63. The minimum Gasteiger partial charge on any atom is -0.493 e. The van der Waals surface area contributed by atoms with Crippen LogP contribution >= 0.6 is 0 Å². The van der Waals surface area contributed by atoms with Crippen LogP contribution in [0.2, 0.25) is 0 Å². The highest BCUT2D eigenvalue weighted by Gasteiger charge is 2.20. The number of halogens is 2. The van der Waals surface area contributed by atoms with Crippen LogP contribution in [0, 0.1) is 11.6 Å². The van der Waals surface area contributed by atoms with Gasteiger partial charge < -0.3 is 14.2 Å². The lowest BCUT2D eigenvalue weighted by atomic mass is 10.1. The Morgan fingerprint density at radius 3 is 1.84 bits per heavy atom. The van der Waals surface area contributed by atoms with E-state index in [2.05, 4.69) is 4.98 Å². The second-order valence-corrected chi connectivity index (χ2v) is 9.70. The summed E-state index contributed by atoms with van der Waals surface area (Å²) in [6.07, 6.45) is 1.59. The fourth-order valence-electron chi connectivity index (χ4n) is 4.61. The van der Waals surface area contributed by atoms with E-state index >= 15 is 8.78 Å². The van der Waals surface area contributed by atoms with E-state index in [0.29, 0.717) is 35.2 Å². The molecule has 0 atom stereocenters. The molecule has 6 aromatic rings. The maximum atomic E-state index is 15.1. The van der Waals surface area contributed by atoms with Gasteiger partial charge in [-0.05, 0) is 41.5 Å². The van der Waals surface area contributed by atoms with Crippen molar-refractivity contribution in [3.63, 3.8) is 0 Å². The monoisotopic (exact) mass is 575 g/mol. The molecule has 4 aromatic carbocycles. The van der Waals surface area contributed by atoms with Gasteiger partial charge in [0.05, 0.1) is 36.1 Å². The van der Waals surface area contributed by atoms with E-state index in [9.17, 15) is 0 Å². The molecule has 0 radical (unpaired) electrons. The topological polar surface area (TPSA) is 58.4 Å². The standard InChI is InChI=1S/C35H27F2N3O3/c1-41-33-20-31(38-21-34(33)42-22-24-11-5-2-6-12-24)32-19-30(39-40(32)27-15-9-4-10-16-27)26-17-28(36)35(29(37)18-26)43-23-25-13-7-3-8-14-25/h2-21H,22-23H2,1H3. The molecule has 0 fully saturated rings. The summed E-state index contributed by atoms with van der Waals surface area (Å²) in [5.74, 6) is -1.10. The SMILES string of the molecule is COc1cc(-c2cc(-c3cc(F)c(OCc4ccccc4)c(F)c3)nn2-c2ccccc2)ncc1OCc1ccccc1. The number of methoxy groups -OCH3 is 1. The third kappa shape index (κ3) is 6.23. The van der Waals surface area contributed by atoms with Crippen LogP contribution in [0.5, 0.6) is 17.2 Å². The summed E-state index contributed by atoms with van der Waals surface area (Å²) in [5.41, 5.74) is 4.31. The maximum absolute atomic E-state index is 15.1. The smallest absolute Gasteiger partial charge is 0.191 e. The molecule has 6 rings (SSSR count). The van der Waals surface area contributed by atoms with Gasteiger partial charge in [0.15, 0.2) is 28.9 Å². The molecule has 43 heavy (non-hydrogen) atoms. The Morgan fingerprint density at radius 1 is 0.651 bits per heavy atom. The molecule has 0 aliphatic heterocycles. The molecule has 0 spiro atoms. The van der Waals surface area contributed by atoms with Gasteiger partial charge in [0.2, 0.25) is 0 Å². The Hall–Kier alpha value is -5.50. The first kappa shape index (κ1) is 27.7. The Balaban J connectivity index is 1.33. The van der Waals surface area contributed by atoms with Crippen LogP contribution < -0.4 is 14.2 Å². The highest BCUT2D eigenvalue weighted by molar-refractivity contribution is 5.70. The predicted molar refractivity (Wildman–Crippen MR) is 160 cm³/mol. The first-order chi connectivity index (χ1) is 21.1. The number of nitrogens with zero attached hydrogens (tertiary/aromatic N) is 3. The van der Waals surface area contributed by atoms with E-state index in [4.69, 9.17) is 19.3 Å². The van der Waals surface area contributed by atoms with E-state index in [1.54, 1.807) is 30.1 Å². The second kappa shape index (κ2) is 12.6. The summed E-state index contributed by atoms with van der Waals surface area (Å²) in [6.45, 7) is 0.395. The van der Waals surface area contributed by atoms with Gasteiger partial charge in [-0.15, -0.1) is 0 Å². The van der Waals surface area contributed by atoms with E-state index in [0.717, 1.165) is 16.8 Å². The molecule has 0 unspecified atom stereocenters. The number of rotatable bonds is 10. The molecular weight excluding hydrogens is 548 g/mol. The fourth-order valence-corrected chi connectivity index (χ4v) is 4.61. The first-order valence-corrected chi connectivity index (χ1v) is 13.6. The van der Waals surface area contributed by atoms with Gasteiger partial charge >= 0.3 is 0 Å². The quantitative estimate of drug-likeness (QED) is 0.165. The third-order valence-electron chi connectivity index (χ3n) is 6.78. The zero-order valence-electron chi connectivity index (χ0n) is 23.3. The number of benzene rings is 4. The molecule has 2 heterocycles. The molecule has 0 aliphatic carbocycles. The van der Waals surface area contributed by atoms with Crippen LogP contribution in [0.25, 0.3) is 28.3 Å². The van der Waals surface area contributed by atoms with Crippen molar-refractivity contribution < 1.29 is 23.0 Å². The van der Waals surface area contributed by atoms with Gasteiger partial charge in [-0.3, -0.25) is 4.98 Å². The number of hydrogen-bond donors (Lipinski definition) is 0. The van der Waals surface area contributed by atoms with E-state index in [1.807, 2.05) is 91.0 Å². The molecule has 0 N–H and O–H groups in total. The molecule has 0 saturated heterocycles. The molecule has 0 aliphatic rings. The van der Waals surface area contributed by atoms with Crippen molar-refractivity contribution in [3.8, 4) is 45.6 Å². The summed E-state index contributed by atoms with van der Waals surface area (Å²) >= 11 is 0. The minimum atomic E-state index is -0.818. The van der Waals surface area contributed by atoms with Crippen LogP contribution in [-0.2, 0) is 13.2 Å². The number of aromatic nitrogens is 3. The van der Waals surface area contributed by atoms with Crippen LogP contribution in [0.1, 0.15) is 11.1 Å². The Morgan fingerprint density at radius 2 is 1.23 bits per heavy atom. The van der Waals surface area contributed by atoms with Crippen molar-refractivity contribution in [2.75, 3.05) is 7.11 Å². The van der Waals surface area contributed by atoms with Crippen LogP contribution in [0.3, 0.4) is 0 Å². The highest BCUT2D eigenvalue weighted by atomic mass is 19.1. The van der Waals surface area contributed by atoms with Crippen molar-refractivity contribution in [1.29, 1.82) is 0 Å². The lowest BCUT2D eigenvalue weighted by molar-refractivity contribution is 0.274. The number of ether oxygens (including phenoxy) is 3. The molecule has 0 amide bonds. The zero-order valence-corrected chi connectivity index (χ0v) is 23.3. The summed E-state index contributed by atoms with van der Waals surface area (Å²) < 4.78 is 49.1. The predicted octanol–water partition coefficient (Wildman–Crippen LogP) is 8.05. The minimum absolute atomic E-state index is 0.0410. The van der Waals surface area contributed by atoms with E-state index < -0.39 is 17.4 Å². The van der Waals surface area contributed by atoms with Gasteiger partial charge in [-0.25, -0.2) is 13.5 Å². The zero-order chi connectivity index (χ0) is 29.6. The normalized spacial score (nSPS) is 10.9. The fraction of sp³-hybridized carbons (Fsp3) is 0.0857. The number of para-hydroxylation sites is 1. The van der Waals surface area contributed by atoms with Crippen molar-refractivity contribution in [2.45, 2.75) is 13.2 Å². The number of hydrogen-bond acceptors (Lipinski definition) is 5. The van der Waals surface area contributed by atoms with Crippen LogP contribution in [-0.4, -0.2) is 21.9 Å². The average molecular weight is 576 g/mol. The molecule has 6 nitrogen and oxygen atoms in total. The Bertz CT molecular complexity index is 1810. The largest absolute Gasteiger partial charge is 0.493 e. The van der Waals surface area contributed by atoms with Gasteiger partial charge in [-0.2, -0.15) is 5.10 Å². The van der Waals surface area contributed by atoms with Crippen molar-refractivity contribution in [3.05, 3.63) is 144 Å². The van der Waals surface area contributed by atoms with Gasteiger partial charge in [0.1, 0.15) is 13.2 Å². The summed E-state index contributed by atoms with van der Waals surface area (Å²) in [5, 5.41) is 4.72. The van der Waals surface area contributed by atoms with Crippen LogP contribution in [0.15, 0.2) is 121 Å². The first-order valence-electron chi connectivity index (χ1n) is 13.6. The summed E-state index contributed by atoms with van der Waals surface area (Å²) in [7, 11) is 1.56. The molecule has 214 valence electrons. The van der Waals surface area contributed by atoms with Gasteiger partial charge in [-0.1, -0.05) is 78.9 Å². The Labute approximate surface area is 247 Å². The van der Waals surface area contributed by atoms with Crippen LogP contribution in [0.4, 0.5) is 8.78 Å². The molecule has 0 bridgehead atoms. The lowest BCUT2D eigenvalue weighted by Crippen LogP contribution is -2.02. The van der Waals surface area contributed by atoms with E-state index in [1.165, 1.54) is 12.1 Å². The Kier molecular flexibility index (Phi) is 8.08. The average Bonchev–Trinajstić information content (AvgIpc) is 3.50. The number of pyridine rings is 1. The maximum Gasteiger partial charge on any atom is 0.191 e. The third-order valence-corrected chi connectivity index (χ3v) is 6.78. The van der Waals surface area contributed by atoms with Gasteiger partial charge in [0, 0.05) is 11.6 Å². The molecule has 8 heteroatoms. The molecule has 0 saturated carbocycles. The van der Waals surface area contributed by atoms with Crippen molar-refractivity contribution in [1.82, 2.24) is 14.8 Å². The van der Waals surface area contributed by atoms with Crippen molar-refractivity contribution in [2.24, 2.45) is 0 Å². The lowest BCUT2D eigenvalue weighted by Gasteiger charge is -2.12.